The maximum atomic E-state index is 12.0. The molecular weight excluding hydrogens is 356 g/mol. The van der Waals surface area contributed by atoms with Gasteiger partial charge in [0.25, 0.3) is 5.69 Å². The number of nitro benzene ring substituents is 1. The Bertz CT molecular complexity index is 948. The van der Waals surface area contributed by atoms with E-state index < -0.39 is 4.92 Å². The maximum absolute atomic E-state index is 12.0. The summed E-state index contributed by atoms with van der Waals surface area (Å²) in [5.74, 6) is 1.32. The molecule has 2 heterocycles. The zero-order valence-electron chi connectivity index (χ0n) is 14.6. The van der Waals surface area contributed by atoms with Crippen LogP contribution in [0.5, 0.6) is 0 Å². The predicted octanol–water partition coefficient (Wildman–Crippen LogP) is 2.01. The lowest BCUT2D eigenvalue weighted by molar-refractivity contribution is -0.384. The summed E-state index contributed by atoms with van der Waals surface area (Å²) in [7, 11) is 1.73. The molecule has 0 saturated heterocycles. The van der Waals surface area contributed by atoms with E-state index in [9.17, 15) is 14.9 Å². The molecule has 2 aromatic heterocycles. The third-order valence-electron chi connectivity index (χ3n) is 3.52. The third-order valence-corrected chi connectivity index (χ3v) is 3.52. The molecule has 0 radical (unpaired) electrons. The fourth-order valence-electron chi connectivity index (χ4n) is 2.31. The molecule has 0 saturated carbocycles. The first-order valence-electron chi connectivity index (χ1n) is 7.90. The van der Waals surface area contributed by atoms with Crippen LogP contribution >= 0.6 is 0 Å². The first-order valence-corrected chi connectivity index (χ1v) is 7.90. The van der Waals surface area contributed by atoms with Crippen LogP contribution < -0.4 is 5.32 Å². The molecule has 11 heteroatoms. The van der Waals surface area contributed by atoms with Gasteiger partial charge < -0.3 is 14.4 Å². The molecule has 3 rings (SSSR count). The molecule has 0 aliphatic carbocycles. The van der Waals surface area contributed by atoms with E-state index in [2.05, 4.69) is 20.6 Å². The first kappa shape index (κ1) is 18.2. The Morgan fingerprint density at radius 1 is 1.26 bits per heavy atom. The van der Waals surface area contributed by atoms with Crippen molar-refractivity contribution >= 4 is 17.4 Å². The summed E-state index contributed by atoms with van der Waals surface area (Å²) in [6, 6.07) is 7.45. The normalized spacial score (nSPS) is 10.9. The summed E-state index contributed by atoms with van der Waals surface area (Å²) in [6.45, 7) is 2.07. The summed E-state index contributed by atoms with van der Waals surface area (Å²) >= 11 is 0. The number of hydrogen-bond acceptors (Lipinski definition) is 9. The summed E-state index contributed by atoms with van der Waals surface area (Å²) < 4.78 is 10.1. The van der Waals surface area contributed by atoms with Gasteiger partial charge >= 0.3 is 0 Å². The molecule has 0 atom stereocenters. The van der Waals surface area contributed by atoms with Gasteiger partial charge in [-0.15, -0.1) is 0 Å². The number of carbonyl (C=O) groups is 1. The summed E-state index contributed by atoms with van der Waals surface area (Å²) in [6.07, 6.45) is 0. The van der Waals surface area contributed by atoms with Gasteiger partial charge in [0.05, 0.1) is 18.0 Å². The molecule has 0 spiro atoms. The zero-order chi connectivity index (χ0) is 19.4. The van der Waals surface area contributed by atoms with Crippen LogP contribution in [0.25, 0.3) is 11.4 Å². The fraction of sp³-hybridized carbons (Fsp3) is 0.250. The Hall–Kier alpha value is -3.60. The number of benzene rings is 1. The molecule has 0 fully saturated rings. The van der Waals surface area contributed by atoms with Gasteiger partial charge in [-0.1, -0.05) is 10.3 Å². The molecule has 0 aliphatic heterocycles. The second kappa shape index (κ2) is 7.74. The lowest BCUT2D eigenvalue weighted by Gasteiger charge is -2.12. The SMILES string of the molecule is Cc1cc(NC(=O)CN(C)Cc2nc(-c3ccc([N+](=O)[O-])cc3)no2)no1. The second-order valence-corrected chi connectivity index (χ2v) is 5.86. The number of aromatic nitrogens is 3. The predicted molar refractivity (Wildman–Crippen MR) is 92.6 cm³/mol. The highest BCUT2D eigenvalue weighted by molar-refractivity contribution is 5.91. The van der Waals surface area contributed by atoms with Crippen LogP contribution in [-0.2, 0) is 11.3 Å². The molecule has 11 nitrogen and oxygen atoms in total. The summed E-state index contributed by atoms with van der Waals surface area (Å²) in [5.41, 5.74) is 0.577. The molecule has 0 unspecified atom stereocenters. The van der Waals surface area contributed by atoms with E-state index >= 15 is 0 Å². The van der Waals surface area contributed by atoms with Crippen LogP contribution in [0.3, 0.4) is 0 Å². The Kier molecular flexibility index (Phi) is 5.22. The maximum Gasteiger partial charge on any atom is 0.269 e. The standard InChI is InChI=1S/C16H16N6O5/c1-10-7-13(19-26-10)17-14(23)8-21(2)9-15-18-16(20-27-15)11-3-5-12(6-4-11)22(24)25/h3-7H,8-9H2,1-2H3,(H,17,19,23). The van der Waals surface area contributed by atoms with Crippen molar-refractivity contribution in [2.75, 3.05) is 18.9 Å². The van der Waals surface area contributed by atoms with Crippen molar-refractivity contribution in [1.82, 2.24) is 20.2 Å². The minimum Gasteiger partial charge on any atom is -0.360 e. The molecule has 140 valence electrons. The fourth-order valence-corrected chi connectivity index (χ4v) is 2.31. The molecular formula is C16H16N6O5. The van der Waals surface area contributed by atoms with E-state index in [1.165, 1.54) is 12.1 Å². The first-order chi connectivity index (χ1) is 12.9. The number of nitrogens with zero attached hydrogens (tertiary/aromatic N) is 5. The lowest BCUT2D eigenvalue weighted by Crippen LogP contribution is -2.30. The summed E-state index contributed by atoms with van der Waals surface area (Å²) in [5, 5.41) is 20.9. The van der Waals surface area contributed by atoms with Gasteiger partial charge in [0.15, 0.2) is 5.82 Å². The largest absolute Gasteiger partial charge is 0.360 e. The van der Waals surface area contributed by atoms with E-state index in [4.69, 9.17) is 9.05 Å². The molecule has 0 aliphatic rings. The Labute approximate surface area is 153 Å². The number of non-ortho nitro benzene ring substituents is 1. The topological polar surface area (TPSA) is 140 Å². The van der Waals surface area contributed by atoms with E-state index in [0.29, 0.717) is 28.9 Å². The van der Waals surface area contributed by atoms with Crippen molar-refractivity contribution in [2.45, 2.75) is 13.5 Å². The number of aryl methyl sites for hydroxylation is 1. The van der Waals surface area contributed by atoms with Crippen LogP contribution in [0, 0.1) is 17.0 Å². The van der Waals surface area contributed by atoms with Gasteiger partial charge in [0.1, 0.15) is 5.76 Å². The van der Waals surface area contributed by atoms with Gasteiger partial charge in [-0.2, -0.15) is 4.98 Å². The van der Waals surface area contributed by atoms with Crippen LogP contribution in [0.1, 0.15) is 11.7 Å². The number of nitrogens with one attached hydrogen (secondary N) is 1. The van der Waals surface area contributed by atoms with E-state index in [0.717, 1.165) is 0 Å². The highest BCUT2D eigenvalue weighted by Gasteiger charge is 2.15. The molecule has 1 amide bonds. The average Bonchev–Trinajstić information content (AvgIpc) is 3.23. The number of hydrogen-bond donors (Lipinski definition) is 1. The molecule has 27 heavy (non-hydrogen) atoms. The smallest absolute Gasteiger partial charge is 0.269 e. The van der Waals surface area contributed by atoms with Crippen molar-refractivity contribution < 1.29 is 18.8 Å². The van der Waals surface area contributed by atoms with Crippen molar-refractivity contribution in [1.29, 1.82) is 0 Å². The quantitative estimate of drug-likeness (QED) is 0.487. The Morgan fingerprint density at radius 3 is 2.63 bits per heavy atom. The zero-order valence-corrected chi connectivity index (χ0v) is 14.6. The van der Waals surface area contributed by atoms with Crippen LogP contribution in [0.4, 0.5) is 11.5 Å². The number of carbonyl (C=O) groups excluding carboxylic acids is 1. The number of rotatable bonds is 7. The van der Waals surface area contributed by atoms with Crippen LogP contribution in [-0.4, -0.2) is 44.6 Å². The highest BCUT2D eigenvalue weighted by atomic mass is 16.6. The van der Waals surface area contributed by atoms with E-state index in [-0.39, 0.29) is 24.7 Å². The number of likely N-dealkylation sites (N-methyl/N-ethyl adjacent to an activating group) is 1. The molecule has 1 N–H and O–H groups in total. The minimum atomic E-state index is -0.480. The third kappa shape index (κ3) is 4.73. The molecule has 3 aromatic rings. The van der Waals surface area contributed by atoms with Gasteiger partial charge in [-0.05, 0) is 26.1 Å². The number of anilines is 1. The number of nitro groups is 1. The van der Waals surface area contributed by atoms with E-state index in [1.54, 1.807) is 37.1 Å². The van der Waals surface area contributed by atoms with Crippen molar-refractivity contribution in [3.8, 4) is 11.4 Å². The molecule has 1 aromatic carbocycles. The average molecular weight is 372 g/mol. The van der Waals surface area contributed by atoms with E-state index in [1.807, 2.05) is 0 Å². The van der Waals surface area contributed by atoms with Crippen molar-refractivity contribution in [3.63, 3.8) is 0 Å². The monoisotopic (exact) mass is 372 g/mol. The Balaban J connectivity index is 1.56. The highest BCUT2D eigenvalue weighted by Crippen LogP contribution is 2.20. The van der Waals surface area contributed by atoms with Gasteiger partial charge in [-0.3, -0.25) is 19.8 Å². The van der Waals surface area contributed by atoms with Gasteiger partial charge in [0, 0.05) is 23.8 Å². The lowest BCUT2D eigenvalue weighted by atomic mass is 10.2. The summed E-state index contributed by atoms with van der Waals surface area (Å²) in [4.78, 5) is 28.1. The van der Waals surface area contributed by atoms with Crippen LogP contribution in [0.2, 0.25) is 0 Å². The van der Waals surface area contributed by atoms with Gasteiger partial charge in [0.2, 0.25) is 17.6 Å². The number of amides is 1. The van der Waals surface area contributed by atoms with Crippen molar-refractivity contribution in [3.05, 3.63) is 52.1 Å². The van der Waals surface area contributed by atoms with Gasteiger partial charge in [-0.25, -0.2) is 0 Å². The van der Waals surface area contributed by atoms with Crippen LogP contribution in [0.15, 0.2) is 39.4 Å². The minimum absolute atomic E-state index is 0.0180. The molecule has 0 bridgehead atoms. The van der Waals surface area contributed by atoms with Crippen molar-refractivity contribution in [2.24, 2.45) is 0 Å². The second-order valence-electron chi connectivity index (χ2n) is 5.86. The Morgan fingerprint density at radius 2 is 2.00 bits per heavy atom.